The maximum Gasteiger partial charge on any atom is 0.305 e. The fourth-order valence-electron chi connectivity index (χ4n) is 1.89. The molecule has 5 nitrogen and oxygen atoms in total. The molecule has 120 valence electrons. The summed E-state index contributed by atoms with van der Waals surface area (Å²) in [5.74, 6) is 0.279. The molecule has 1 amide bonds. The van der Waals surface area contributed by atoms with E-state index < -0.39 is 0 Å². The standard InChI is InChI=1S/C17H23NO4/c1-4-22-17(20)6-5-11-18-16(19)10-8-14-12-13(2)7-9-15(14)21-3/h7-10,12H,4-6,11H2,1-3H3,(H,18,19)/b10-8+. The summed E-state index contributed by atoms with van der Waals surface area (Å²) >= 11 is 0. The van der Waals surface area contributed by atoms with E-state index in [0.29, 0.717) is 26.0 Å². The number of hydrogen-bond donors (Lipinski definition) is 1. The molecular formula is C17H23NO4. The minimum Gasteiger partial charge on any atom is -0.496 e. The molecule has 0 fully saturated rings. The van der Waals surface area contributed by atoms with Crippen LogP contribution in [0.25, 0.3) is 6.08 Å². The van der Waals surface area contributed by atoms with E-state index in [0.717, 1.165) is 16.9 Å². The first-order valence-corrected chi connectivity index (χ1v) is 7.33. The van der Waals surface area contributed by atoms with Crippen LogP contribution in [-0.2, 0) is 14.3 Å². The molecule has 0 atom stereocenters. The Morgan fingerprint density at radius 2 is 2.09 bits per heavy atom. The molecule has 0 heterocycles. The van der Waals surface area contributed by atoms with Crippen LogP contribution < -0.4 is 10.1 Å². The van der Waals surface area contributed by atoms with E-state index in [2.05, 4.69) is 5.32 Å². The highest BCUT2D eigenvalue weighted by Gasteiger charge is 2.03. The van der Waals surface area contributed by atoms with Crippen molar-refractivity contribution in [2.75, 3.05) is 20.3 Å². The fourth-order valence-corrected chi connectivity index (χ4v) is 1.89. The second-order valence-corrected chi connectivity index (χ2v) is 4.78. The Bertz CT molecular complexity index is 537. The number of carbonyl (C=O) groups is 2. The smallest absolute Gasteiger partial charge is 0.305 e. The quantitative estimate of drug-likeness (QED) is 0.455. The molecule has 0 aromatic heterocycles. The van der Waals surface area contributed by atoms with Gasteiger partial charge in [-0.25, -0.2) is 0 Å². The maximum atomic E-state index is 11.7. The van der Waals surface area contributed by atoms with E-state index in [9.17, 15) is 9.59 Å². The summed E-state index contributed by atoms with van der Waals surface area (Å²) in [7, 11) is 1.59. The fraction of sp³-hybridized carbons (Fsp3) is 0.412. The summed E-state index contributed by atoms with van der Waals surface area (Å²) in [4.78, 5) is 22.9. The first-order valence-electron chi connectivity index (χ1n) is 7.33. The van der Waals surface area contributed by atoms with Gasteiger partial charge in [-0.2, -0.15) is 0 Å². The zero-order valence-corrected chi connectivity index (χ0v) is 13.3. The molecule has 1 N–H and O–H groups in total. The molecule has 22 heavy (non-hydrogen) atoms. The Morgan fingerprint density at radius 1 is 1.32 bits per heavy atom. The van der Waals surface area contributed by atoms with Gasteiger partial charge in [0.15, 0.2) is 0 Å². The van der Waals surface area contributed by atoms with Crippen molar-refractivity contribution in [3.05, 3.63) is 35.4 Å². The summed E-state index contributed by atoms with van der Waals surface area (Å²) in [6.07, 6.45) is 4.05. The topological polar surface area (TPSA) is 64.6 Å². The van der Waals surface area contributed by atoms with Crippen molar-refractivity contribution in [3.8, 4) is 5.75 Å². The lowest BCUT2D eigenvalue weighted by Gasteiger charge is -2.06. The molecular weight excluding hydrogens is 282 g/mol. The summed E-state index contributed by atoms with van der Waals surface area (Å²) in [5.41, 5.74) is 1.94. The van der Waals surface area contributed by atoms with Crippen LogP contribution in [0.5, 0.6) is 5.75 Å². The van der Waals surface area contributed by atoms with Gasteiger partial charge in [0.2, 0.25) is 5.91 Å². The number of amides is 1. The number of aryl methyl sites for hydroxylation is 1. The third kappa shape index (κ3) is 6.43. The largest absolute Gasteiger partial charge is 0.496 e. The van der Waals surface area contributed by atoms with Gasteiger partial charge in [0.05, 0.1) is 13.7 Å². The van der Waals surface area contributed by atoms with Gasteiger partial charge in [0.1, 0.15) is 5.75 Å². The Hall–Kier alpha value is -2.30. The van der Waals surface area contributed by atoms with Crippen LogP contribution in [0.3, 0.4) is 0 Å². The molecule has 0 bridgehead atoms. The Morgan fingerprint density at radius 3 is 2.77 bits per heavy atom. The Kier molecular flexibility index (Phi) is 7.75. The van der Waals surface area contributed by atoms with E-state index in [1.807, 2.05) is 25.1 Å². The van der Waals surface area contributed by atoms with E-state index in [4.69, 9.17) is 9.47 Å². The minimum absolute atomic E-state index is 0.201. The minimum atomic E-state index is -0.239. The molecule has 0 aliphatic carbocycles. The number of carbonyl (C=O) groups excluding carboxylic acids is 2. The number of rotatable bonds is 8. The van der Waals surface area contributed by atoms with Gasteiger partial charge in [0, 0.05) is 24.6 Å². The third-order valence-electron chi connectivity index (χ3n) is 2.96. The van der Waals surface area contributed by atoms with Crippen LogP contribution in [-0.4, -0.2) is 32.1 Å². The first-order chi connectivity index (χ1) is 10.6. The Balaban J connectivity index is 2.42. The molecule has 0 unspecified atom stereocenters. The van der Waals surface area contributed by atoms with Crippen LogP contribution >= 0.6 is 0 Å². The van der Waals surface area contributed by atoms with Crippen molar-refractivity contribution in [2.45, 2.75) is 26.7 Å². The zero-order chi connectivity index (χ0) is 16.4. The number of benzene rings is 1. The van der Waals surface area contributed by atoms with Crippen LogP contribution in [0.4, 0.5) is 0 Å². The van der Waals surface area contributed by atoms with Crippen molar-refractivity contribution in [1.82, 2.24) is 5.32 Å². The van der Waals surface area contributed by atoms with Gasteiger partial charge < -0.3 is 14.8 Å². The maximum absolute atomic E-state index is 11.7. The van der Waals surface area contributed by atoms with Gasteiger partial charge in [0.25, 0.3) is 0 Å². The van der Waals surface area contributed by atoms with Crippen LogP contribution in [0, 0.1) is 6.92 Å². The van der Waals surface area contributed by atoms with Crippen molar-refractivity contribution < 1.29 is 19.1 Å². The molecule has 0 aliphatic rings. The Labute approximate surface area is 131 Å². The number of nitrogens with one attached hydrogen (secondary N) is 1. The summed E-state index contributed by atoms with van der Waals surface area (Å²) in [5, 5.41) is 2.73. The summed E-state index contributed by atoms with van der Waals surface area (Å²) in [6.45, 7) is 4.56. The summed E-state index contributed by atoms with van der Waals surface area (Å²) < 4.78 is 10.1. The van der Waals surface area contributed by atoms with Crippen LogP contribution in [0.2, 0.25) is 0 Å². The van der Waals surface area contributed by atoms with Crippen molar-refractivity contribution in [1.29, 1.82) is 0 Å². The molecule has 0 saturated heterocycles. The van der Waals surface area contributed by atoms with E-state index in [1.54, 1.807) is 20.1 Å². The highest BCUT2D eigenvalue weighted by atomic mass is 16.5. The summed E-state index contributed by atoms with van der Waals surface area (Å²) in [6, 6.07) is 5.77. The predicted molar refractivity (Wildman–Crippen MR) is 85.6 cm³/mol. The van der Waals surface area contributed by atoms with Gasteiger partial charge in [-0.1, -0.05) is 11.6 Å². The highest BCUT2D eigenvalue weighted by Crippen LogP contribution is 2.20. The molecule has 0 saturated carbocycles. The molecule has 0 spiro atoms. The third-order valence-corrected chi connectivity index (χ3v) is 2.96. The predicted octanol–water partition coefficient (Wildman–Crippen LogP) is 2.48. The molecule has 0 aliphatic heterocycles. The van der Waals surface area contributed by atoms with E-state index >= 15 is 0 Å². The number of hydrogen-bond acceptors (Lipinski definition) is 4. The van der Waals surface area contributed by atoms with Gasteiger partial charge in [-0.3, -0.25) is 9.59 Å². The van der Waals surface area contributed by atoms with Crippen LogP contribution in [0.15, 0.2) is 24.3 Å². The lowest BCUT2D eigenvalue weighted by atomic mass is 10.1. The van der Waals surface area contributed by atoms with Gasteiger partial charge >= 0.3 is 5.97 Å². The average molecular weight is 305 g/mol. The van der Waals surface area contributed by atoms with E-state index in [-0.39, 0.29) is 11.9 Å². The number of methoxy groups -OCH3 is 1. The van der Waals surface area contributed by atoms with Gasteiger partial charge in [-0.15, -0.1) is 0 Å². The van der Waals surface area contributed by atoms with Crippen molar-refractivity contribution >= 4 is 18.0 Å². The van der Waals surface area contributed by atoms with Crippen molar-refractivity contribution in [2.24, 2.45) is 0 Å². The highest BCUT2D eigenvalue weighted by molar-refractivity contribution is 5.92. The molecule has 1 aromatic carbocycles. The SMILES string of the molecule is CCOC(=O)CCCNC(=O)/C=C/c1cc(C)ccc1OC. The number of ether oxygens (including phenoxy) is 2. The monoisotopic (exact) mass is 305 g/mol. The number of esters is 1. The average Bonchev–Trinajstić information content (AvgIpc) is 2.50. The molecule has 0 radical (unpaired) electrons. The normalized spacial score (nSPS) is 10.5. The first kappa shape index (κ1) is 17.8. The zero-order valence-electron chi connectivity index (χ0n) is 13.3. The molecule has 1 aromatic rings. The van der Waals surface area contributed by atoms with E-state index in [1.165, 1.54) is 6.08 Å². The van der Waals surface area contributed by atoms with Crippen molar-refractivity contribution in [3.63, 3.8) is 0 Å². The lowest BCUT2D eigenvalue weighted by molar-refractivity contribution is -0.143. The molecule has 1 rings (SSSR count). The second-order valence-electron chi connectivity index (χ2n) is 4.78. The van der Waals surface area contributed by atoms with Gasteiger partial charge in [-0.05, 0) is 38.5 Å². The van der Waals surface area contributed by atoms with Crippen LogP contribution in [0.1, 0.15) is 30.9 Å². The molecule has 5 heteroatoms. The second kappa shape index (κ2) is 9.60. The lowest BCUT2D eigenvalue weighted by Crippen LogP contribution is -2.22.